The summed E-state index contributed by atoms with van der Waals surface area (Å²) in [7, 11) is 0. The fraction of sp³-hybridized carbons (Fsp3) is 0.500. The van der Waals surface area contributed by atoms with Gasteiger partial charge in [-0.2, -0.15) is 5.26 Å². The van der Waals surface area contributed by atoms with E-state index in [1.165, 1.54) is 6.42 Å². The van der Waals surface area contributed by atoms with Crippen LogP contribution in [0, 0.1) is 11.3 Å². The number of hydrogen-bond acceptors (Lipinski definition) is 4. The quantitative estimate of drug-likeness (QED) is 0.852. The van der Waals surface area contributed by atoms with E-state index in [1.807, 2.05) is 12.1 Å². The van der Waals surface area contributed by atoms with Gasteiger partial charge in [0.15, 0.2) is 0 Å². The van der Waals surface area contributed by atoms with Crippen molar-refractivity contribution < 1.29 is 9.53 Å². The molecule has 1 aromatic rings. The molecule has 2 rings (SSSR count). The highest BCUT2D eigenvalue weighted by molar-refractivity contribution is 5.89. The topological polar surface area (TPSA) is 62.1 Å². The van der Waals surface area contributed by atoms with Gasteiger partial charge in [-0.3, -0.25) is 0 Å². The molecule has 0 radical (unpaired) electrons. The second-order valence-corrected chi connectivity index (χ2v) is 5.18. The zero-order valence-corrected chi connectivity index (χ0v) is 11.8. The van der Waals surface area contributed by atoms with Gasteiger partial charge < -0.3 is 10.1 Å². The molecule has 0 aromatic heterocycles. The Balaban J connectivity index is 2.06. The molecule has 1 aliphatic carbocycles. The predicted octanol–water partition coefficient (Wildman–Crippen LogP) is 3.50. The molecule has 106 valence electrons. The zero-order valence-electron chi connectivity index (χ0n) is 11.8. The van der Waals surface area contributed by atoms with Crippen molar-refractivity contribution in [1.29, 1.82) is 5.26 Å². The standard InChI is InChI=1S/C16H20N2O2/c1-2-20-15(19)13-6-8-14(9-7-13)18-16(12-17)10-4-3-5-11-16/h6-9,18H,2-5,10-11H2,1H3. The van der Waals surface area contributed by atoms with E-state index in [4.69, 9.17) is 4.74 Å². The minimum absolute atomic E-state index is 0.313. The lowest BCUT2D eigenvalue weighted by Crippen LogP contribution is -2.38. The molecule has 0 spiro atoms. The average Bonchev–Trinajstić information content (AvgIpc) is 2.49. The molecule has 0 unspecified atom stereocenters. The van der Waals surface area contributed by atoms with Gasteiger partial charge in [-0.05, 0) is 44.0 Å². The molecule has 0 aliphatic heterocycles. The molecule has 1 aromatic carbocycles. The Kier molecular flexibility index (Phi) is 4.62. The zero-order chi connectivity index (χ0) is 14.4. The normalized spacial score (nSPS) is 17.0. The largest absolute Gasteiger partial charge is 0.462 e. The highest BCUT2D eigenvalue weighted by Crippen LogP contribution is 2.31. The van der Waals surface area contributed by atoms with Gasteiger partial charge in [0, 0.05) is 5.69 Å². The summed E-state index contributed by atoms with van der Waals surface area (Å²) in [6.07, 6.45) is 5.13. The molecule has 4 heteroatoms. The Bertz CT molecular complexity index is 496. The summed E-state index contributed by atoms with van der Waals surface area (Å²) >= 11 is 0. The third kappa shape index (κ3) is 3.30. The lowest BCUT2D eigenvalue weighted by Gasteiger charge is -2.32. The first-order valence-corrected chi connectivity index (χ1v) is 7.16. The molecule has 1 fully saturated rings. The third-order valence-corrected chi connectivity index (χ3v) is 3.70. The van der Waals surface area contributed by atoms with E-state index in [-0.39, 0.29) is 5.97 Å². The molecule has 4 nitrogen and oxygen atoms in total. The van der Waals surface area contributed by atoms with Gasteiger partial charge in [0.2, 0.25) is 0 Å². The summed E-state index contributed by atoms with van der Waals surface area (Å²) in [5.41, 5.74) is 0.956. The summed E-state index contributed by atoms with van der Waals surface area (Å²) in [6, 6.07) is 9.55. The van der Waals surface area contributed by atoms with E-state index in [0.717, 1.165) is 31.4 Å². The van der Waals surface area contributed by atoms with Crippen LogP contribution in [0.3, 0.4) is 0 Å². The smallest absolute Gasteiger partial charge is 0.338 e. The van der Waals surface area contributed by atoms with Crippen LogP contribution in [0.1, 0.15) is 49.4 Å². The van der Waals surface area contributed by atoms with Gasteiger partial charge in [-0.15, -0.1) is 0 Å². The van der Waals surface area contributed by atoms with Crippen LogP contribution in [0.4, 0.5) is 5.69 Å². The van der Waals surface area contributed by atoms with E-state index < -0.39 is 5.54 Å². The molecule has 20 heavy (non-hydrogen) atoms. The van der Waals surface area contributed by atoms with Crippen molar-refractivity contribution in [2.75, 3.05) is 11.9 Å². The van der Waals surface area contributed by atoms with Crippen LogP contribution >= 0.6 is 0 Å². The molecular weight excluding hydrogens is 252 g/mol. The molecule has 0 saturated heterocycles. The maximum Gasteiger partial charge on any atom is 0.338 e. The van der Waals surface area contributed by atoms with Crippen LogP contribution < -0.4 is 5.32 Å². The molecule has 0 heterocycles. The molecule has 0 bridgehead atoms. The number of anilines is 1. The number of carbonyl (C=O) groups excluding carboxylic acids is 1. The Morgan fingerprint density at radius 3 is 2.50 bits per heavy atom. The summed E-state index contributed by atoms with van der Waals surface area (Å²) in [5, 5.41) is 12.8. The number of nitrogens with zero attached hydrogens (tertiary/aromatic N) is 1. The van der Waals surface area contributed by atoms with Crippen LogP contribution in [0.5, 0.6) is 0 Å². The lowest BCUT2D eigenvalue weighted by molar-refractivity contribution is 0.0526. The summed E-state index contributed by atoms with van der Waals surface area (Å²) in [5.74, 6) is -0.313. The van der Waals surface area contributed by atoms with Gasteiger partial charge in [0.05, 0.1) is 18.2 Å². The number of hydrogen-bond donors (Lipinski definition) is 1. The van der Waals surface area contributed by atoms with E-state index in [9.17, 15) is 10.1 Å². The van der Waals surface area contributed by atoms with Crippen LogP contribution in [-0.2, 0) is 4.74 Å². The van der Waals surface area contributed by atoms with Gasteiger partial charge >= 0.3 is 5.97 Å². The first-order chi connectivity index (χ1) is 9.69. The van der Waals surface area contributed by atoms with Crippen LogP contribution in [-0.4, -0.2) is 18.1 Å². The highest BCUT2D eigenvalue weighted by atomic mass is 16.5. The fourth-order valence-electron chi connectivity index (χ4n) is 2.60. The monoisotopic (exact) mass is 272 g/mol. The third-order valence-electron chi connectivity index (χ3n) is 3.70. The number of carbonyl (C=O) groups is 1. The fourth-order valence-corrected chi connectivity index (χ4v) is 2.60. The Hall–Kier alpha value is -2.02. The number of ether oxygens (including phenoxy) is 1. The Labute approximate surface area is 119 Å². The van der Waals surface area contributed by atoms with E-state index >= 15 is 0 Å². The Morgan fingerprint density at radius 2 is 1.95 bits per heavy atom. The van der Waals surface area contributed by atoms with E-state index in [0.29, 0.717) is 12.2 Å². The van der Waals surface area contributed by atoms with Crippen LogP contribution in [0.25, 0.3) is 0 Å². The van der Waals surface area contributed by atoms with Gasteiger partial charge in [-0.25, -0.2) is 4.79 Å². The Morgan fingerprint density at radius 1 is 1.30 bits per heavy atom. The van der Waals surface area contributed by atoms with Crippen molar-refractivity contribution in [2.24, 2.45) is 0 Å². The van der Waals surface area contributed by atoms with Crippen LogP contribution in [0.2, 0.25) is 0 Å². The van der Waals surface area contributed by atoms with Crippen LogP contribution in [0.15, 0.2) is 24.3 Å². The first kappa shape index (κ1) is 14.4. The lowest BCUT2D eigenvalue weighted by atomic mass is 9.82. The average molecular weight is 272 g/mol. The van der Waals surface area contributed by atoms with Gasteiger partial charge in [0.25, 0.3) is 0 Å². The maximum absolute atomic E-state index is 11.6. The molecule has 1 saturated carbocycles. The van der Waals surface area contributed by atoms with Gasteiger partial charge in [0.1, 0.15) is 5.54 Å². The summed E-state index contributed by atoms with van der Waals surface area (Å²) in [4.78, 5) is 11.6. The highest BCUT2D eigenvalue weighted by Gasteiger charge is 2.31. The second kappa shape index (κ2) is 6.42. The van der Waals surface area contributed by atoms with Crippen molar-refractivity contribution in [3.05, 3.63) is 29.8 Å². The first-order valence-electron chi connectivity index (χ1n) is 7.16. The second-order valence-electron chi connectivity index (χ2n) is 5.18. The van der Waals surface area contributed by atoms with Crippen molar-refractivity contribution in [3.63, 3.8) is 0 Å². The van der Waals surface area contributed by atoms with E-state index in [1.54, 1.807) is 19.1 Å². The SMILES string of the molecule is CCOC(=O)c1ccc(NC2(C#N)CCCCC2)cc1. The number of esters is 1. The minimum Gasteiger partial charge on any atom is -0.462 e. The summed E-state index contributed by atoms with van der Waals surface area (Å²) in [6.45, 7) is 2.16. The van der Waals surface area contributed by atoms with Crippen molar-refractivity contribution >= 4 is 11.7 Å². The molecule has 1 N–H and O–H groups in total. The van der Waals surface area contributed by atoms with Crippen molar-refractivity contribution in [3.8, 4) is 6.07 Å². The molecule has 0 amide bonds. The van der Waals surface area contributed by atoms with Crippen molar-refractivity contribution in [2.45, 2.75) is 44.6 Å². The van der Waals surface area contributed by atoms with E-state index in [2.05, 4.69) is 11.4 Å². The number of benzene rings is 1. The number of nitrogens with one attached hydrogen (secondary N) is 1. The van der Waals surface area contributed by atoms with Gasteiger partial charge in [-0.1, -0.05) is 19.3 Å². The number of rotatable bonds is 4. The molecule has 1 aliphatic rings. The predicted molar refractivity (Wildman–Crippen MR) is 77.5 cm³/mol. The maximum atomic E-state index is 11.6. The number of nitriles is 1. The molecular formula is C16H20N2O2. The van der Waals surface area contributed by atoms with Crippen molar-refractivity contribution in [1.82, 2.24) is 0 Å². The molecule has 0 atom stereocenters. The minimum atomic E-state index is -0.455. The summed E-state index contributed by atoms with van der Waals surface area (Å²) < 4.78 is 4.95.